The van der Waals surface area contributed by atoms with Crippen LogP contribution in [0.5, 0.6) is 0 Å². The summed E-state index contributed by atoms with van der Waals surface area (Å²) in [5.74, 6) is 0. The Morgan fingerprint density at radius 1 is 1.19 bits per heavy atom. The molecule has 0 bridgehead atoms. The second-order valence-electron chi connectivity index (χ2n) is 1.53. The zero-order valence-corrected chi connectivity index (χ0v) is 9.88. The van der Waals surface area contributed by atoms with E-state index in [1.165, 1.54) is 6.92 Å². The van der Waals surface area contributed by atoms with Crippen molar-refractivity contribution in [3.63, 3.8) is 0 Å². The van der Waals surface area contributed by atoms with Crippen LogP contribution in [0, 0.1) is 0 Å². The van der Waals surface area contributed by atoms with Gasteiger partial charge in [0.25, 0.3) is 0 Å². The Balaban J connectivity index is -0.000000105. The molecule has 0 aromatic carbocycles. The molecule has 0 aliphatic rings. The first kappa shape index (κ1) is 26.9. The van der Waals surface area contributed by atoms with E-state index in [0.29, 0.717) is 0 Å². The monoisotopic (exact) mass is 320 g/mol. The fraction of sp³-hybridized carbons (Fsp3) is 1.00. The number of phosphoric ester groups is 1. The molecular formula is C2H13Na2O9P3. The van der Waals surface area contributed by atoms with Gasteiger partial charge in [-0.3, -0.25) is 13.7 Å². The van der Waals surface area contributed by atoms with Crippen molar-refractivity contribution in [2.45, 2.75) is 6.92 Å². The molecule has 0 rings (SSSR count). The topological polar surface area (TPSA) is 151 Å². The minimum atomic E-state index is -4.27. The third-order valence-electron chi connectivity index (χ3n) is 0.486. The predicted molar refractivity (Wildman–Crippen MR) is 61.5 cm³/mol. The van der Waals surface area contributed by atoms with Gasteiger partial charge in [0.05, 0.1) is 6.61 Å². The quantitative estimate of drug-likeness (QED) is 0.361. The van der Waals surface area contributed by atoms with Crippen molar-refractivity contribution in [1.82, 2.24) is 0 Å². The van der Waals surface area contributed by atoms with Crippen molar-refractivity contribution in [3.8, 4) is 0 Å². The Kier molecular flexibility index (Phi) is 26.1. The molecule has 0 amide bonds. The van der Waals surface area contributed by atoms with Gasteiger partial charge < -0.3 is 19.6 Å². The summed E-state index contributed by atoms with van der Waals surface area (Å²) >= 11 is 0. The van der Waals surface area contributed by atoms with E-state index in [4.69, 9.17) is 24.1 Å². The van der Waals surface area contributed by atoms with Gasteiger partial charge in [0, 0.05) is 0 Å². The third kappa shape index (κ3) is 30.0. The minimum absolute atomic E-state index is 0. The van der Waals surface area contributed by atoms with Gasteiger partial charge in [-0.15, -0.1) is 0 Å². The standard InChI is InChI=1S/C2H8O6P2.2Na.H3O3P.2H/c1-2-7-10(5,6)8-9(3)4;;;1-4(2)3;;/h9H,2H2,1H3,(H,3,4)(H,5,6);;;4H,(H2,1,2,3);;. The SMILES string of the molecule is CCOP(=O)(O)O[PH](=O)O.O=[PH](O)O.[NaH].[NaH]. The van der Waals surface area contributed by atoms with Gasteiger partial charge in [-0.25, -0.2) is 8.88 Å². The summed E-state index contributed by atoms with van der Waals surface area (Å²) in [5, 5.41) is 0. The maximum absolute atomic E-state index is 10.4. The van der Waals surface area contributed by atoms with E-state index in [-0.39, 0.29) is 65.7 Å². The summed E-state index contributed by atoms with van der Waals surface area (Å²) in [6.07, 6.45) is 0. The average Bonchev–Trinajstić information content (AvgIpc) is 1.80. The van der Waals surface area contributed by atoms with Crippen LogP contribution in [0.1, 0.15) is 6.92 Å². The molecule has 0 aliphatic heterocycles. The average molecular weight is 320 g/mol. The molecule has 2 atom stereocenters. The van der Waals surface area contributed by atoms with Gasteiger partial charge in [-0.05, 0) is 6.92 Å². The molecular weight excluding hydrogens is 307 g/mol. The molecule has 0 aromatic rings. The molecule has 16 heavy (non-hydrogen) atoms. The van der Waals surface area contributed by atoms with E-state index >= 15 is 0 Å². The Bertz CT molecular complexity index is 241. The molecule has 0 spiro atoms. The van der Waals surface area contributed by atoms with Crippen LogP contribution < -0.4 is 0 Å². The molecule has 14 heteroatoms. The molecule has 0 saturated carbocycles. The molecule has 92 valence electrons. The number of phosphoric acid groups is 1. The third-order valence-corrected chi connectivity index (χ3v) is 2.62. The van der Waals surface area contributed by atoms with Crippen LogP contribution in [-0.4, -0.2) is 85.3 Å². The fourth-order valence-electron chi connectivity index (χ4n) is 0.288. The van der Waals surface area contributed by atoms with Crippen LogP contribution >= 0.6 is 24.3 Å². The van der Waals surface area contributed by atoms with Crippen LogP contribution in [0.2, 0.25) is 0 Å². The summed E-state index contributed by atoms with van der Waals surface area (Å²) in [6.45, 7) is 1.41. The summed E-state index contributed by atoms with van der Waals surface area (Å²) in [5.41, 5.74) is 0. The Morgan fingerprint density at radius 3 is 1.69 bits per heavy atom. The Morgan fingerprint density at radius 2 is 1.50 bits per heavy atom. The molecule has 9 nitrogen and oxygen atoms in total. The van der Waals surface area contributed by atoms with E-state index in [1.54, 1.807) is 0 Å². The van der Waals surface area contributed by atoms with Crippen molar-refractivity contribution in [2.75, 3.05) is 6.61 Å². The molecule has 0 radical (unpaired) electrons. The summed E-state index contributed by atoms with van der Waals surface area (Å²) in [6, 6.07) is 0. The van der Waals surface area contributed by atoms with Crippen LogP contribution in [-0.2, 0) is 22.5 Å². The molecule has 0 saturated heterocycles. The van der Waals surface area contributed by atoms with E-state index in [2.05, 4.69) is 8.83 Å². The van der Waals surface area contributed by atoms with Crippen molar-refractivity contribution in [1.29, 1.82) is 0 Å². The fourth-order valence-corrected chi connectivity index (χ4v) is 1.61. The molecule has 0 aliphatic carbocycles. The van der Waals surface area contributed by atoms with E-state index in [0.717, 1.165) is 0 Å². The van der Waals surface area contributed by atoms with Gasteiger partial charge in [0.2, 0.25) is 0 Å². The zero-order valence-electron chi connectivity index (χ0n) is 6.98. The first-order chi connectivity index (χ1) is 6.21. The maximum atomic E-state index is 10.4. The van der Waals surface area contributed by atoms with Crippen LogP contribution in [0.3, 0.4) is 0 Å². The van der Waals surface area contributed by atoms with Gasteiger partial charge in [-0.1, -0.05) is 0 Å². The van der Waals surface area contributed by atoms with Crippen LogP contribution in [0.25, 0.3) is 0 Å². The van der Waals surface area contributed by atoms with Crippen LogP contribution in [0.4, 0.5) is 0 Å². The zero-order chi connectivity index (χ0) is 11.8. The molecule has 4 N–H and O–H groups in total. The number of rotatable bonds is 4. The molecule has 0 fully saturated rings. The molecule has 0 heterocycles. The first-order valence-corrected chi connectivity index (χ1v) is 7.09. The van der Waals surface area contributed by atoms with Gasteiger partial charge in [0.15, 0.2) is 0 Å². The summed E-state index contributed by atoms with van der Waals surface area (Å²) in [4.78, 5) is 30.8. The van der Waals surface area contributed by atoms with Crippen molar-refractivity contribution in [3.05, 3.63) is 0 Å². The number of hydrogen-bond acceptors (Lipinski definition) is 5. The number of hydrogen-bond donors (Lipinski definition) is 4. The second-order valence-corrected chi connectivity index (χ2v) is 4.55. The molecule has 2 unspecified atom stereocenters. The van der Waals surface area contributed by atoms with Crippen molar-refractivity contribution in [2.24, 2.45) is 0 Å². The van der Waals surface area contributed by atoms with Gasteiger partial charge in [-0.2, -0.15) is 0 Å². The van der Waals surface area contributed by atoms with Gasteiger partial charge in [0.1, 0.15) is 0 Å². The van der Waals surface area contributed by atoms with E-state index in [1.807, 2.05) is 0 Å². The first-order valence-electron chi connectivity index (χ1n) is 3.03. The van der Waals surface area contributed by atoms with Crippen molar-refractivity contribution < 1.29 is 42.1 Å². The normalized spacial score (nSPS) is 14.6. The van der Waals surface area contributed by atoms with E-state index < -0.39 is 24.3 Å². The van der Waals surface area contributed by atoms with Gasteiger partial charge >= 0.3 is 83.4 Å². The second kappa shape index (κ2) is 15.5. The Labute approximate surface area is 138 Å². The van der Waals surface area contributed by atoms with Crippen LogP contribution in [0.15, 0.2) is 0 Å². The predicted octanol–water partition coefficient (Wildman–Crippen LogP) is -1.41. The van der Waals surface area contributed by atoms with E-state index in [9.17, 15) is 9.13 Å². The summed E-state index contributed by atoms with van der Waals surface area (Å²) in [7, 11) is -10.8. The Hall–Kier alpha value is 2.45. The summed E-state index contributed by atoms with van der Waals surface area (Å²) < 4.78 is 36.7. The molecule has 0 aromatic heterocycles. The van der Waals surface area contributed by atoms with Crippen molar-refractivity contribution >= 4 is 83.4 Å².